The lowest BCUT2D eigenvalue weighted by Gasteiger charge is -2.17. The van der Waals surface area contributed by atoms with Crippen LogP contribution in [0.3, 0.4) is 0 Å². The van der Waals surface area contributed by atoms with Crippen LogP contribution in [0.1, 0.15) is 42.7 Å². The van der Waals surface area contributed by atoms with E-state index in [1.807, 2.05) is 0 Å². The summed E-state index contributed by atoms with van der Waals surface area (Å²) < 4.78 is 64.1. The number of alkyl halides is 3. The fourth-order valence-electron chi connectivity index (χ4n) is 4.37. The largest absolute Gasteiger partial charge is 0.496 e. The molecule has 2 amide bonds. The molecule has 0 fully saturated rings. The molecule has 0 saturated heterocycles. The Morgan fingerprint density at radius 3 is 2.51 bits per heavy atom. The van der Waals surface area contributed by atoms with Crippen molar-refractivity contribution in [1.82, 2.24) is 19.9 Å². The van der Waals surface area contributed by atoms with E-state index in [0.717, 1.165) is 30.6 Å². The summed E-state index contributed by atoms with van der Waals surface area (Å²) in [5.41, 5.74) is 0.323. The SMILES string of the molecule is COc1cccc(F)c1-c1cc(C)ncc1C(=O)Nc1nc2c(s1)CN(C(=O)c1ccc(C(F)(F)F)nc1OC)C2. The molecule has 3 aromatic heterocycles. The molecule has 4 aromatic rings. The zero-order valence-corrected chi connectivity index (χ0v) is 22.6. The smallest absolute Gasteiger partial charge is 0.433 e. The first kappa shape index (κ1) is 28.0. The van der Waals surface area contributed by atoms with Gasteiger partial charge in [-0.15, -0.1) is 0 Å². The standard InChI is InChI=1S/C27H21F4N5O4S/c1-13-9-15(22-17(28)5-4-6-19(22)39-2)16(10-32-13)23(37)35-26-33-18-11-36(12-20(18)41-26)25(38)14-7-8-21(27(29,30)31)34-24(14)40-3/h4-10H,11-12H2,1-3H3,(H,33,35,37). The number of anilines is 1. The van der Waals surface area contributed by atoms with E-state index in [9.17, 15) is 27.2 Å². The van der Waals surface area contributed by atoms with Crippen LogP contribution < -0.4 is 14.8 Å². The zero-order chi connectivity index (χ0) is 29.5. The fraction of sp³-hybridized carbons (Fsp3) is 0.222. The first-order chi connectivity index (χ1) is 19.5. The minimum Gasteiger partial charge on any atom is -0.496 e. The molecule has 5 rings (SSSR count). The summed E-state index contributed by atoms with van der Waals surface area (Å²) in [5, 5.41) is 2.97. The number of carbonyl (C=O) groups excluding carboxylic acids is 2. The predicted octanol–water partition coefficient (Wildman–Crippen LogP) is 5.49. The first-order valence-corrected chi connectivity index (χ1v) is 12.8. The van der Waals surface area contributed by atoms with Crippen LogP contribution >= 0.6 is 11.3 Å². The third kappa shape index (κ3) is 5.42. The predicted molar refractivity (Wildman–Crippen MR) is 140 cm³/mol. The van der Waals surface area contributed by atoms with Gasteiger partial charge in [-0.1, -0.05) is 17.4 Å². The summed E-state index contributed by atoms with van der Waals surface area (Å²) in [5.74, 6) is -1.90. The molecule has 9 nitrogen and oxygen atoms in total. The third-order valence-corrected chi connectivity index (χ3v) is 7.28. The van der Waals surface area contributed by atoms with Gasteiger partial charge in [-0.05, 0) is 37.3 Å². The Morgan fingerprint density at radius 1 is 1.05 bits per heavy atom. The number of thiazole rings is 1. The maximum atomic E-state index is 14.8. The molecule has 0 unspecified atom stereocenters. The Hall–Kier alpha value is -4.59. The topological polar surface area (TPSA) is 107 Å². The quantitative estimate of drug-likeness (QED) is 0.297. The van der Waals surface area contributed by atoms with Gasteiger partial charge < -0.3 is 14.4 Å². The first-order valence-electron chi connectivity index (χ1n) is 12.0. The number of carbonyl (C=O) groups is 2. The van der Waals surface area contributed by atoms with Gasteiger partial charge in [-0.2, -0.15) is 13.2 Å². The number of fused-ring (bicyclic) bond motifs is 1. The number of nitrogens with one attached hydrogen (secondary N) is 1. The molecule has 4 heterocycles. The Morgan fingerprint density at radius 2 is 1.83 bits per heavy atom. The van der Waals surface area contributed by atoms with E-state index in [2.05, 4.69) is 20.3 Å². The highest BCUT2D eigenvalue weighted by Crippen LogP contribution is 2.37. The average Bonchev–Trinajstić information content (AvgIpc) is 3.50. The number of benzene rings is 1. The van der Waals surface area contributed by atoms with E-state index in [-0.39, 0.29) is 40.7 Å². The molecule has 0 aliphatic carbocycles. The summed E-state index contributed by atoms with van der Waals surface area (Å²) in [6, 6.07) is 7.69. The number of nitrogens with zero attached hydrogens (tertiary/aromatic N) is 4. The molecular formula is C27H21F4N5O4S. The van der Waals surface area contributed by atoms with Gasteiger partial charge in [0, 0.05) is 17.5 Å². The maximum Gasteiger partial charge on any atom is 0.433 e. The Labute approximate surface area is 234 Å². The molecule has 1 N–H and O–H groups in total. The third-order valence-electron chi connectivity index (χ3n) is 6.29. The monoisotopic (exact) mass is 587 g/mol. The molecule has 0 atom stereocenters. The molecule has 0 bridgehead atoms. The molecule has 1 aromatic carbocycles. The highest BCUT2D eigenvalue weighted by molar-refractivity contribution is 7.16. The lowest BCUT2D eigenvalue weighted by Crippen LogP contribution is -2.26. The molecule has 1 aliphatic rings. The number of amides is 2. The van der Waals surface area contributed by atoms with Crippen molar-refractivity contribution in [2.24, 2.45) is 0 Å². The van der Waals surface area contributed by atoms with E-state index in [4.69, 9.17) is 9.47 Å². The van der Waals surface area contributed by atoms with E-state index in [1.165, 1.54) is 30.3 Å². The second-order valence-electron chi connectivity index (χ2n) is 8.94. The zero-order valence-electron chi connectivity index (χ0n) is 21.8. The second-order valence-corrected chi connectivity index (χ2v) is 10.0. The molecule has 0 saturated carbocycles. The fourth-order valence-corrected chi connectivity index (χ4v) is 5.35. The van der Waals surface area contributed by atoms with Gasteiger partial charge in [0.15, 0.2) is 5.13 Å². The number of pyridine rings is 2. The number of methoxy groups -OCH3 is 2. The number of hydrogen-bond donors (Lipinski definition) is 1. The molecular weight excluding hydrogens is 566 g/mol. The highest BCUT2D eigenvalue weighted by atomic mass is 32.1. The van der Waals surface area contributed by atoms with Gasteiger partial charge >= 0.3 is 6.18 Å². The summed E-state index contributed by atoms with van der Waals surface area (Å²) in [4.78, 5) is 40.4. The lowest BCUT2D eigenvalue weighted by molar-refractivity contribution is -0.141. The molecule has 14 heteroatoms. The number of aromatic nitrogens is 3. The van der Waals surface area contributed by atoms with Gasteiger partial charge in [-0.25, -0.2) is 14.4 Å². The summed E-state index contributed by atoms with van der Waals surface area (Å²) in [6.45, 7) is 1.90. The van der Waals surface area contributed by atoms with Crippen molar-refractivity contribution in [3.8, 4) is 22.8 Å². The van der Waals surface area contributed by atoms with E-state index >= 15 is 0 Å². The normalized spacial score (nSPS) is 12.7. The summed E-state index contributed by atoms with van der Waals surface area (Å²) in [7, 11) is 2.54. The molecule has 0 radical (unpaired) electrons. The van der Waals surface area contributed by atoms with Gasteiger partial charge in [0.2, 0.25) is 5.88 Å². The van der Waals surface area contributed by atoms with Crippen LogP contribution in [0.4, 0.5) is 22.7 Å². The van der Waals surface area contributed by atoms with Crippen molar-refractivity contribution in [3.63, 3.8) is 0 Å². The molecule has 1 aliphatic heterocycles. The molecule has 212 valence electrons. The van der Waals surface area contributed by atoms with E-state index < -0.39 is 35.4 Å². The van der Waals surface area contributed by atoms with Crippen molar-refractivity contribution >= 4 is 28.3 Å². The van der Waals surface area contributed by atoms with Crippen LogP contribution in [0.2, 0.25) is 0 Å². The maximum absolute atomic E-state index is 14.8. The molecule has 41 heavy (non-hydrogen) atoms. The number of aryl methyl sites for hydroxylation is 1. The van der Waals surface area contributed by atoms with E-state index in [0.29, 0.717) is 21.8 Å². The van der Waals surface area contributed by atoms with Gasteiger partial charge in [0.25, 0.3) is 11.8 Å². The number of hydrogen-bond acceptors (Lipinski definition) is 8. The van der Waals surface area contributed by atoms with Gasteiger partial charge in [0.1, 0.15) is 22.8 Å². The van der Waals surface area contributed by atoms with Crippen LogP contribution in [0, 0.1) is 12.7 Å². The average molecular weight is 588 g/mol. The van der Waals surface area contributed by atoms with Crippen LogP contribution in [-0.4, -0.2) is 45.9 Å². The van der Waals surface area contributed by atoms with Crippen molar-refractivity contribution in [1.29, 1.82) is 0 Å². The van der Waals surface area contributed by atoms with Gasteiger partial charge in [0.05, 0.1) is 49.0 Å². The summed E-state index contributed by atoms with van der Waals surface area (Å²) >= 11 is 1.14. The minimum atomic E-state index is -4.69. The van der Waals surface area contributed by atoms with Crippen LogP contribution in [0.5, 0.6) is 11.6 Å². The van der Waals surface area contributed by atoms with Gasteiger partial charge in [-0.3, -0.25) is 19.9 Å². The number of halogens is 4. The number of rotatable bonds is 6. The highest BCUT2D eigenvalue weighted by Gasteiger charge is 2.35. The van der Waals surface area contributed by atoms with Crippen molar-refractivity contribution in [2.45, 2.75) is 26.2 Å². The second kappa shape index (κ2) is 10.8. The Balaban J connectivity index is 1.35. The van der Waals surface area contributed by atoms with Crippen LogP contribution in [0.25, 0.3) is 11.1 Å². The Bertz CT molecular complexity index is 1650. The number of ether oxygens (including phenoxy) is 2. The summed E-state index contributed by atoms with van der Waals surface area (Å²) in [6.07, 6.45) is -3.34. The van der Waals surface area contributed by atoms with Crippen LogP contribution in [-0.2, 0) is 19.3 Å². The molecule has 0 spiro atoms. The Kier molecular flexibility index (Phi) is 7.34. The van der Waals surface area contributed by atoms with Crippen molar-refractivity contribution in [3.05, 3.63) is 81.5 Å². The van der Waals surface area contributed by atoms with Crippen molar-refractivity contribution < 1.29 is 36.6 Å². The van der Waals surface area contributed by atoms with Crippen LogP contribution in [0.15, 0.2) is 42.6 Å². The van der Waals surface area contributed by atoms with E-state index in [1.54, 1.807) is 19.1 Å². The minimum absolute atomic E-state index is 0.0640. The van der Waals surface area contributed by atoms with Crippen molar-refractivity contribution in [2.75, 3.05) is 19.5 Å². The lowest BCUT2D eigenvalue weighted by atomic mass is 9.98.